The first-order chi connectivity index (χ1) is 9.91. The molecule has 0 unspecified atom stereocenters. The second kappa shape index (κ2) is 6.14. The second-order valence-corrected chi connectivity index (χ2v) is 4.90. The molecule has 4 nitrogen and oxygen atoms in total. The maximum atomic E-state index is 12.6. The third-order valence-corrected chi connectivity index (χ3v) is 3.39. The fourth-order valence-electron chi connectivity index (χ4n) is 2.23. The van der Waals surface area contributed by atoms with Crippen molar-refractivity contribution in [3.63, 3.8) is 0 Å². The molecule has 2 rings (SSSR count). The minimum absolute atomic E-state index is 0.112. The summed E-state index contributed by atoms with van der Waals surface area (Å²) in [6.45, 7) is 1.39. The number of piperidine rings is 1. The summed E-state index contributed by atoms with van der Waals surface area (Å²) in [6.07, 6.45) is -2.92. The van der Waals surface area contributed by atoms with Gasteiger partial charge in [0.2, 0.25) is 5.91 Å². The summed E-state index contributed by atoms with van der Waals surface area (Å²) in [5, 5.41) is 14.6. The van der Waals surface area contributed by atoms with Crippen LogP contribution in [0.25, 0.3) is 0 Å². The fourth-order valence-corrected chi connectivity index (χ4v) is 2.23. The van der Waals surface area contributed by atoms with Gasteiger partial charge in [-0.25, -0.2) is 0 Å². The molecule has 1 heterocycles. The topological polar surface area (TPSA) is 64.9 Å². The first-order valence-electron chi connectivity index (χ1n) is 6.54. The van der Waals surface area contributed by atoms with Gasteiger partial charge in [0, 0.05) is 6.54 Å². The van der Waals surface area contributed by atoms with E-state index in [1.54, 1.807) is 6.07 Å². The molecule has 1 amide bonds. The number of rotatable bonds is 2. The molecule has 7 heteroatoms. The Kier molecular flexibility index (Phi) is 4.48. The van der Waals surface area contributed by atoms with Crippen molar-refractivity contribution in [3.05, 3.63) is 29.3 Å². The first kappa shape index (κ1) is 15.3. The lowest BCUT2D eigenvalue weighted by atomic mass is 9.98. The standard InChI is InChI=1S/C14H14F3N3O/c15-14(16,17)11-3-4-12(10(6-11)7-18)20-13(21)9-2-1-5-19-8-9/h3-4,6,9,19H,1-2,5,8H2,(H,20,21)/t9-/m1/s1. The van der Waals surface area contributed by atoms with E-state index < -0.39 is 11.7 Å². The van der Waals surface area contributed by atoms with Crippen LogP contribution >= 0.6 is 0 Å². The molecule has 1 atom stereocenters. The second-order valence-electron chi connectivity index (χ2n) is 4.90. The molecule has 0 bridgehead atoms. The van der Waals surface area contributed by atoms with Crippen molar-refractivity contribution in [2.45, 2.75) is 19.0 Å². The Labute approximate surface area is 119 Å². The zero-order chi connectivity index (χ0) is 15.5. The number of carbonyl (C=O) groups excluding carboxylic acids is 1. The van der Waals surface area contributed by atoms with E-state index in [4.69, 9.17) is 5.26 Å². The maximum absolute atomic E-state index is 12.6. The highest BCUT2D eigenvalue weighted by Gasteiger charge is 2.31. The van der Waals surface area contributed by atoms with Gasteiger partial charge in [0.25, 0.3) is 0 Å². The highest BCUT2D eigenvalue weighted by Crippen LogP contribution is 2.31. The molecule has 0 aromatic heterocycles. The predicted molar refractivity (Wildman–Crippen MR) is 70.4 cm³/mol. The normalized spacial score (nSPS) is 18.9. The Bertz CT molecular complexity index is 572. The number of alkyl halides is 3. The summed E-state index contributed by atoms with van der Waals surface area (Å²) >= 11 is 0. The van der Waals surface area contributed by atoms with Crippen LogP contribution in [0, 0.1) is 17.2 Å². The Balaban J connectivity index is 2.16. The number of hydrogen-bond donors (Lipinski definition) is 2. The van der Waals surface area contributed by atoms with E-state index in [1.807, 2.05) is 0 Å². The van der Waals surface area contributed by atoms with Crippen LogP contribution in [-0.4, -0.2) is 19.0 Å². The zero-order valence-corrected chi connectivity index (χ0v) is 11.1. The van der Waals surface area contributed by atoms with E-state index in [1.165, 1.54) is 0 Å². The number of benzene rings is 1. The molecule has 1 aromatic carbocycles. The van der Waals surface area contributed by atoms with Gasteiger partial charge >= 0.3 is 6.18 Å². The van der Waals surface area contributed by atoms with Crippen molar-refractivity contribution in [2.24, 2.45) is 5.92 Å². The van der Waals surface area contributed by atoms with Crippen molar-refractivity contribution >= 4 is 11.6 Å². The number of halogens is 3. The Hall–Kier alpha value is -2.07. The molecular weight excluding hydrogens is 283 g/mol. The smallest absolute Gasteiger partial charge is 0.325 e. The van der Waals surface area contributed by atoms with E-state index >= 15 is 0 Å². The lowest BCUT2D eigenvalue weighted by Crippen LogP contribution is -2.37. The highest BCUT2D eigenvalue weighted by molar-refractivity contribution is 5.94. The summed E-state index contributed by atoms with van der Waals surface area (Å²) in [6, 6.07) is 4.41. The fraction of sp³-hybridized carbons (Fsp3) is 0.429. The van der Waals surface area contributed by atoms with E-state index in [-0.39, 0.29) is 23.1 Å². The van der Waals surface area contributed by atoms with Crippen LogP contribution in [0.5, 0.6) is 0 Å². The van der Waals surface area contributed by atoms with Crippen molar-refractivity contribution in [3.8, 4) is 6.07 Å². The van der Waals surface area contributed by atoms with Gasteiger partial charge in [-0.15, -0.1) is 0 Å². The molecule has 0 aliphatic carbocycles. The van der Waals surface area contributed by atoms with E-state index in [0.717, 1.165) is 37.6 Å². The van der Waals surface area contributed by atoms with Gasteiger partial charge in [-0.1, -0.05) is 0 Å². The predicted octanol–water partition coefficient (Wildman–Crippen LogP) is 2.52. The van der Waals surface area contributed by atoms with E-state index in [9.17, 15) is 18.0 Å². The van der Waals surface area contributed by atoms with Gasteiger partial charge in [-0.2, -0.15) is 18.4 Å². The summed E-state index contributed by atoms with van der Waals surface area (Å²) < 4.78 is 37.8. The molecule has 1 fully saturated rings. The van der Waals surface area contributed by atoms with Crippen LogP contribution in [0.2, 0.25) is 0 Å². The molecule has 1 saturated heterocycles. The number of nitriles is 1. The molecule has 0 radical (unpaired) electrons. The van der Waals surface area contributed by atoms with Crippen LogP contribution < -0.4 is 10.6 Å². The summed E-state index contributed by atoms with van der Waals surface area (Å²) in [5.74, 6) is -0.508. The maximum Gasteiger partial charge on any atom is 0.416 e. The number of hydrogen-bond acceptors (Lipinski definition) is 3. The van der Waals surface area contributed by atoms with Gasteiger partial charge in [-0.05, 0) is 37.6 Å². The van der Waals surface area contributed by atoms with Crippen LogP contribution in [0.1, 0.15) is 24.0 Å². The molecular formula is C14H14F3N3O. The van der Waals surface area contributed by atoms with Crippen LogP contribution in [0.3, 0.4) is 0 Å². The van der Waals surface area contributed by atoms with Crippen LogP contribution in [-0.2, 0) is 11.0 Å². The number of nitrogens with one attached hydrogen (secondary N) is 2. The summed E-state index contributed by atoms with van der Waals surface area (Å²) in [4.78, 5) is 12.0. The lowest BCUT2D eigenvalue weighted by molar-refractivity contribution is -0.137. The third-order valence-electron chi connectivity index (χ3n) is 3.39. The lowest BCUT2D eigenvalue weighted by Gasteiger charge is -2.22. The molecule has 1 aliphatic rings. The molecule has 1 aliphatic heterocycles. The SMILES string of the molecule is N#Cc1cc(C(F)(F)F)ccc1NC(=O)[C@@H]1CCCNC1. The molecule has 21 heavy (non-hydrogen) atoms. The number of carbonyl (C=O) groups is 1. The molecule has 112 valence electrons. The quantitative estimate of drug-likeness (QED) is 0.881. The zero-order valence-electron chi connectivity index (χ0n) is 11.1. The van der Waals surface area contributed by atoms with Crippen molar-refractivity contribution < 1.29 is 18.0 Å². The largest absolute Gasteiger partial charge is 0.416 e. The minimum atomic E-state index is -4.51. The Morgan fingerprint density at radius 2 is 2.19 bits per heavy atom. The number of anilines is 1. The Morgan fingerprint density at radius 1 is 1.43 bits per heavy atom. The third kappa shape index (κ3) is 3.73. The van der Waals surface area contributed by atoms with Crippen molar-refractivity contribution in [2.75, 3.05) is 18.4 Å². The van der Waals surface area contributed by atoms with Crippen molar-refractivity contribution in [1.29, 1.82) is 5.26 Å². The number of nitrogens with zero attached hydrogens (tertiary/aromatic N) is 1. The van der Waals surface area contributed by atoms with E-state index in [2.05, 4.69) is 10.6 Å². The molecule has 0 saturated carbocycles. The minimum Gasteiger partial charge on any atom is -0.325 e. The van der Waals surface area contributed by atoms with Crippen LogP contribution in [0.4, 0.5) is 18.9 Å². The number of amides is 1. The average molecular weight is 297 g/mol. The molecule has 1 aromatic rings. The van der Waals surface area contributed by atoms with Gasteiger partial charge in [0.15, 0.2) is 0 Å². The molecule has 0 spiro atoms. The van der Waals surface area contributed by atoms with Crippen molar-refractivity contribution in [1.82, 2.24) is 5.32 Å². The average Bonchev–Trinajstić information content (AvgIpc) is 2.47. The Morgan fingerprint density at radius 3 is 2.76 bits per heavy atom. The van der Waals surface area contributed by atoms with Gasteiger partial charge in [0.1, 0.15) is 6.07 Å². The van der Waals surface area contributed by atoms with Gasteiger partial charge in [-0.3, -0.25) is 4.79 Å². The van der Waals surface area contributed by atoms with Crippen LogP contribution in [0.15, 0.2) is 18.2 Å². The summed E-state index contributed by atoms with van der Waals surface area (Å²) in [7, 11) is 0. The first-order valence-corrected chi connectivity index (χ1v) is 6.54. The molecule has 2 N–H and O–H groups in total. The van der Waals surface area contributed by atoms with Gasteiger partial charge in [0.05, 0.1) is 22.7 Å². The highest BCUT2D eigenvalue weighted by atomic mass is 19.4. The monoisotopic (exact) mass is 297 g/mol. The van der Waals surface area contributed by atoms with Gasteiger partial charge < -0.3 is 10.6 Å². The van der Waals surface area contributed by atoms with E-state index in [0.29, 0.717) is 6.54 Å². The summed E-state index contributed by atoms with van der Waals surface area (Å²) in [5.41, 5.74) is -0.987.